The molecule has 0 fully saturated rings. The molecule has 4 nitrogen and oxygen atoms in total. The lowest BCUT2D eigenvalue weighted by Crippen LogP contribution is -2.22. The first-order valence-corrected chi connectivity index (χ1v) is 6.62. The molecule has 0 spiro atoms. The highest BCUT2D eigenvalue weighted by molar-refractivity contribution is 6.31. The molecule has 0 N–H and O–H groups in total. The van der Waals surface area contributed by atoms with Gasteiger partial charge >= 0.3 is 5.97 Å². The fraction of sp³-hybridized carbons (Fsp3) is 0. The Labute approximate surface area is 125 Å². The van der Waals surface area contributed by atoms with Crippen molar-refractivity contribution in [2.45, 2.75) is 0 Å². The molecule has 5 heteroatoms. The van der Waals surface area contributed by atoms with Crippen LogP contribution in [0.2, 0.25) is 5.02 Å². The summed E-state index contributed by atoms with van der Waals surface area (Å²) in [6.45, 7) is 0. The molecular weight excluding hydrogens is 290 g/mol. The maximum absolute atomic E-state index is 12.1. The van der Waals surface area contributed by atoms with E-state index in [-0.39, 0.29) is 10.5 Å². The minimum Gasteiger partial charge on any atom is -0.331 e. The molecule has 21 heavy (non-hydrogen) atoms. The van der Waals surface area contributed by atoms with Crippen LogP contribution in [0.3, 0.4) is 0 Å². The highest BCUT2D eigenvalue weighted by Gasteiger charge is 2.12. The van der Waals surface area contributed by atoms with E-state index < -0.39 is 5.97 Å². The summed E-state index contributed by atoms with van der Waals surface area (Å²) in [5, 5.41) is 0.389. The number of fused-ring (bicyclic) bond motifs is 1. The van der Waals surface area contributed by atoms with E-state index in [1.54, 1.807) is 48.5 Å². The Morgan fingerprint density at radius 3 is 2.43 bits per heavy atom. The van der Waals surface area contributed by atoms with Crippen LogP contribution in [0.5, 0.6) is 0 Å². The van der Waals surface area contributed by atoms with Crippen LogP contribution in [-0.4, -0.2) is 10.7 Å². The molecule has 0 atom stereocenters. The van der Waals surface area contributed by atoms with Gasteiger partial charge in [0.15, 0.2) is 0 Å². The third-order valence-corrected chi connectivity index (χ3v) is 3.29. The number of halogens is 1. The van der Waals surface area contributed by atoms with Crippen molar-refractivity contribution in [3.8, 4) is 0 Å². The van der Waals surface area contributed by atoms with Gasteiger partial charge in [0.1, 0.15) is 5.02 Å². The molecule has 2 aromatic carbocycles. The van der Waals surface area contributed by atoms with E-state index in [0.29, 0.717) is 16.5 Å². The molecule has 3 aromatic rings. The van der Waals surface area contributed by atoms with Crippen molar-refractivity contribution >= 4 is 28.5 Å². The second-order valence-corrected chi connectivity index (χ2v) is 4.80. The van der Waals surface area contributed by atoms with E-state index in [9.17, 15) is 9.59 Å². The fourth-order valence-electron chi connectivity index (χ4n) is 2.01. The minimum atomic E-state index is -0.527. The van der Waals surface area contributed by atoms with Crippen LogP contribution in [-0.2, 0) is 0 Å². The van der Waals surface area contributed by atoms with Gasteiger partial charge in [-0.2, -0.15) is 4.73 Å². The highest BCUT2D eigenvalue weighted by atomic mass is 35.5. The van der Waals surface area contributed by atoms with Crippen molar-refractivity contribution in [3.05, 3.63) is 81.6 Å². The Balaban J connectivity index is 2.08. The molecule has 0 bridgehead atoms. The summed E-state index contributed by atoms with van der Waals surface area (Å²) in [4.78, 5) is 29.3. The Kier molecular flexibility index (Phi) is 3.46. The molecule has 1 heterocycles. The predicted molar refractivity (Wildman–Crippen MR) is 80.6 cm³/mol. The fourth-order valence-corrected chi connectivity index (χ4v) is 2.20. The number of carbonyl (C=O) groups is 1. The average molecular weight is 300 g/mol. The van der Waals surface area contributed by atoms with Crippen LogP contribution in [0.15, 0.2) is 65.6 Å². The van der Waals surface area contributed by atoms with Gasteiger partial charge in [0.25, 0.3) is 0 Å². The smallest absolute Gasteiger partial charge is 0.331 e. The van der Waals surface area contributed by atoms with E-state index in [4.69, 9.17) is 16.4 Å². The largest absolute Gasteiger partial charge is 0.363 e. The summed E-state index contributed by atoms with van der Waals surface area (Å²) in [6, 6.07) is 15.4. The van der Waals surface area contributed by atoms with Gasteiger partial charge in [0, 0.05) is 0 Å². The topological polar surface area (TPSA) is 48.3 Å². The molecule has 0 amide bonds. The highest BCUT2D eigenvalue weighted by Crippen LogP contribution is 2.13. The molecule has 0 saturated carbocycles. The van der Waals surface area contributed by atoms with Crippen LogP contribution in [0.1, 0.15) is 10.4 Å². The zero-order valence-electron chi connectivity index (χ0n) is 10.8. The van der Waals surface area contributed by atoms with Gasteiger partial charge in [-0.05, 0) is 24.3 Å². The minimum absolute atomic E-state index is 0.00504. The van der Waals surface area contributed by atoms with Gasteiger partial charge in [-0.1, -0.05) is 41.9 Å². The summed E-state index contributed by atoms with van der Waals surface area (Å²) in [5.41, 5.74) is 0.604. The molecule has 3 rings (SSSR count). The summed E-state index contributed by atoms with van der Waals surface area (Å²) in [6.07, 6.45) is 1.30. The molecule has 0 unspecified atom stereocenters. The van der Waals surface area contributed by atoms with Gasteiger partial charge in [0.2, 0.25) is 5.43 Å². The van der Waals surface area contributed by atoms with E-state index in [0.717, 1.165) is 0 Å². The lowest BCUT2D eigenvalue weighted by molar-refractivity contribution is 0.0480. The maximum atomic E-state index is 12.1. The summed E-state index contributed by atoms with van der Waals surface area (Å²) < 4.78 is 1.22. The number of para-hydroxylation sites is 1. The number of hydrogen-bond acceptors (Lipinski definition) is 3. The zero-order chi connectivity index (χ0) is 14.8. The van der Waals surface area contributed by atoms with E-state index in [1.807, 2.05) is 6.07 Å². The molecule has 0 aliphatic heterocycles. The van der Waals surface area contributed by atoms with Gasteiger partial charge in [-0.3, -0.25) is 4.79 Å². The Morgan fingerprint density at radius 1 is 1.00 bits per heavy atom. The van der Waals surface area contributed by atoms with Crippen LogP contribution in [0, 0.1) is 0 Å². The predicted octanol–water partition coefficient (Wildman–Crippen LogP) is 2.92. The monoisotopic (exact) mass is 299 g/mol. The second kappa shape index (κ2) is 5.42. The molecule has 0 radical (unpaired) electrons. The number of hydrogen-bond donors (Lipinski definition) is 0. The molecule has 104 valence electrons. The van der Waals surface area contributed by atoms with Crippen molar-refractivity contribution in [1.29, 1.82) is 0 Å². The number of carbonyl (C=O) groups excluding carboxylic acids is 1. The second-order valence-electron chi connectivity index (χ2n) is 4.39. The zero-order valence-corrected chi connectivity index (χ0v) is 11.6. The molecule has 0 aliphatic rings. The Bertz CT molecular complexity index is 872. The molecule has 0 aliphatic carbocycles. The molecule has 0 saturated heterocycles. The van der Waals surface area contributed by atoms with Crippen LogP contribution in [0.25, 0.3) is 10.9 Å². The third-order valence-electron chi connectivity index (χ3n) is 3.02. The number of nitrogens with zero attached hydrogens (tertiary/aromatic N) is 1. The summed E-state index contributed by atoms with van der Waals surface area (Å²) >= 11 is 5.90. The first-order chi connectivity index (χ1) is 10.2. The molecular formula is C16H10ClNO3. The summed E-state index contributed by atoms with van der Waals surface area (Å²) in [7, 11) is 0. The Hall–Kier alpha value is -2.59. The first-order valence-electron chi connectivity index (χ1n) is 6.24. The van der Waals surface area contributed by atoms with Crippen molar-refractivity contribution in [1.82, 2.24) is 4.73 Å². The third kappa shape index (κ3) is 2.53. The standard InChI is InChI=1S/C16H10ClNO3/c17-13-10-18(14-9-5-4-8-12(14)15(13)19)21-16(20)11-6-2-1-3-7-11/h1-10H. The van der Waals surface area contributed by atoms with Gasteiger partial charge in [0.05, 0.1) is 22.7 Å². The van der Waals surface area contributed by atoms with Crippen LogP contribution < -0.4 is 10.3 Å². The quantitative estimate of drug-likeness (QED) is 0.731. The van der Waals surface area contributed by atoms with Crippen molar-refractivity contribution in [2.24, 2.45) is 0 Å². The van der Waals surface area contributed by atoms with Gasteiger partial charge in [-0.25, -0.2) is 4.79 Å². The number of aromatic nitrogens is 1. The van der Waals surface area contributed by atoms with Gasteiger partial charge in [-0.15, -0.1) is 0 Å². The number of rotatable bonds is 2. The summed E-state index contributed by atoms with van der Waals surface area (Å²) in [5.74, 6) is -0.527. The van der Waals surface area contributed by atoms with E-state index in [1.165, 1.54) is 10.9 Å². The first kappa shape index (κ1) is 13.4. The van der Waals surface area contributed by atoms with Crippen LogP contribution >= 0.6 is 11.6 Å². The SMILES string of the molecule is O=C(On1cc(Cl)c(=O)c2ccccc21)c1ccccc1. The average Bonchev–Trinajstić information content (AvgIpc) is 2.53. The van der Waals surface area contributed by atoms with Crippen molar-refractivity contribution in [3.63, 3.8) is 0 Å². The van der Waals surface area contributed by atoms with Gasteiger partial charge < -0.3 is 4.84 Å². The Morgan fingerprint density at radius 2 is 1.67 bits per heavy atom. The van der Waals surface area contributed by atoms with Crippen molar-refractivity contribution < 1.29 is 9.63 Å². The van der Waals surface area contributed by atoms with Crippen molar-refractivity contribution in [2.75, 3.05) is 0 Å². The number of benzene rings is 2. The maximum Gasteiger partial charge on any atom is 0.363 e. The van der Waals surface area contributed by atoms with Crippen LogP contribution in [0.4, 0.5) is 0 Å². The lowest BCUT2D eigenvalue weighted by Gasteiger charge is -2.11. The molecule has 1 aromatic heterocycles. The normalized spacial score (nSPS) is 10.5. The number of pyridine rings is 1. The van der Waals surface area contributed by atoms with E-state index >= 15 is 0 Å². The van der Waals surface area contributed by atoms with E-state index in [2.05, 4.69) is 0 Å². The lowest BCUT2D eigenvalue weighted by atomic mass is 10.2.